The molecule has 0 spiro atoms. The molecular formula is C19H35IN6O. The molecule has 1 saturated carbocycles. The Balaban J connectivity index is 0.00000261. The van der Waals surface area contributed by atoms with E-state index in [9.17, 15) is 0 Å². The first-order chi connectivity index (χ1) is 12.7. The molecule has 1 unspecified atom stereocenters. The van der Waals surface area contributed by atoms with Crippen molar-refractivity contribution >= 4 is 29.9 Å². The van der Waals surface area contributed by atoms with Gasteiger partial charge in [-0.15, -0.1) is 24.0 Å². The normalized spacial score (nSPS) is 25.4. The Hall–Kier alpha value is -0.900. The van der Waals surface area contributed by atoms with Crippen LogP contribution in [0.5, 0.6) is 0 Å². The van der Waals surface area contributed by atoms with Gasteiger partial charge in [-0.1, -0.05) is 19.8 Å². The minimum atomic E-state index is 0. The number of aromatic nitrogens is 3. The van der Waals surface area contributed by atoms with Crippen molar-refractivity contribution in [1.82, 2.24) is 25.4 Å². The van der Waals surface area contributed by atoms with E-state index in [1.54, 1.807) is 7.11 Å². The fourth-order valence-corrected chi connectivity index (χ4v) is 3.91. The SMILES string of the molecule is CCNC(=NCC1CCC(C)CC1)NC1CCc2nc(COC)nn2C1.I. The third kappa shape index (κ3) is 6.58. The predicted octanol–water partition coefficient (Wildman–Crippen LogP) is 2.74. The summed E-state index contributed by atoms with van der Waals surface area (Å²) in [4.78, 5) is 9.42. The first kappa shape index (κ1) is 22.4. The molecule has 2 N–H and O–H groups in total. The number of hydrogen-bond donors (Lipinski definition) is 2. The highest BCUT2D eigenvalue weighted by molar-refractivity contribution is 14.0. The molecule has 2 heterocycles. The number of aryl methyl sites for hydroxylation is 1. The Morgan fingerprint density at radius 2 is 2.04 bits per heavy atom. The molecule has 1 aromatic heterocycles. The standard InChI is InChI=1S/C19H34N6O.HI/c1-4-20-19(21-11-15-7-5-14(2)6-8-15)22-16-9-10-18-23-17(13-26-3)24-25(18)12-16;/h14-16H,4-13H2,1-3H3,(H2,20,21,22);1H. The van der Waals surface area contributed by atoms with Crippen molar-refractivity contribution in [2.45, 2.75) is 71.6 Å². The summed E-state index contributed by atoms with van der Waals surface area (Å²) in [5, 5.41) is 11.6. The highest BCUT2D eigenvalue weighted by Crippen LogP contribution is 2.28. The van der Waals surface area contributed by atoms with Gasteiger partial charge in [0.25, 0.3) is 0 Å². The van der Waals surface area contributed by atoms with Gasteiger partial charge in [-0.3, -0.25) is 4.99 Å². The van der Waals surface area contributed by atoms with Crippen LogP contribution in [0.15, 0.2) is 4.99 Å². The molecule has 27 heavy (non-hydrogen) atoms. The second-order valence-electron chi connectivity index (χ2n) is 7.78. The number of ether oxygens (including phenoxy) is 1. The average molecular weight is 490 g/mol. The molecule has 0 bridgehead atoms. The lowest BCUT2D eigenvalue weighted by Gasteiger charge is -2.27. The van der Waals surface area contributed by atoms with Crippen LogP contribution < -0.4 is 10.6 Å². The summed E-state index contributed by atoms with van der Waals surface area (Å²) in [6.07, 6.45) is 7.33. The van der Waals surface area contributed by atoms with Crippen LogP contribution in [0, 0.1) is 11.8 Å². The van der Waals surface area contributed by atoms with Gasteiger partial charge >= 0.3 is 0 Å². The summed E-state index contributed by atoms with van der Waals surface area (Å²) < 4.78 is 7.16. The van der Waals surface area contributed by atoms with Gasteiger partial charge in [0.15, 0.2) is 11.8 Å². The maximum Gasteiger partial charge on any atom is 0.191 e. The number of guanidine groups is 1. The highest BCUT2D eigenvalue weighted by atomic mass is 127. The summed E-state index contributed by atoms with van der Waals surface area (Å²) in [7, 11) is 1.68. The minimum absolute atomic E-state index is 0. The number of hydrogen-bond acceptors (Lipinski definition) is 4. The van der Waals surface area contributed by atoms with E-state index in [2.05, 4.69) is 34.6 Å². The largest absolute Gasteiger partial charge is 0.377 e. The molecule has 1 fully saturated rings. The lowest BCUT2D eigenvalue weighted by atomic mass is 9.83. The van der Waals surface area contributed by atoms with Gasteiger partial charge in [0.2, 0.25) is 0 Å². The van der Waals surface area contributed by atoms with Crippen molar-refractivity contribution < 1.29 is 4.74 Å². The van der Waals surface area contributed by atoms with E-state index >= 15 is 0 Å². The zero-order chi connectivity index (χ0) is 18.4. The number of methoxy groups -OCH3 is 1. The van der Waals surface area contributed by atoms with Crippen LogP contribution in [-0.2, 0) is 24.3 Å². The van der Waals surface area contributed by atoms with Gasteiger partial charge in [0.05, 0.1) is 6.54 Å². The lowest BCUT2D eigenvalue weighted by molar-refractivity contribution is 0.177. The average Bonchev–Trinajstić information content (AvgIpc) is 3.03. The number of rotatable bonds is 6. The molecule has 0 aromatic carbocycles. The van der Waals surface area contributed by atoms with Crippen molar-refractivity contribution in [3.8, 4) is 0 Å². The molecule has 1 aliphatic carbocycles. The lowest BCUT2D eigenvalue weighted by Crippen LogP contribution is -2.47. The number of nitrogens with zero attached hydrogens (tertiary/aromatic N) is 4. The molecular weight excluding hydrogens is 455 g/mol. The molecule has 0 radical (unpaired) electrons. The second-order valence-corrected chi connectivity index (χ2v) is 7.78. The van der Waals surface area contributed by atoms with Crippen molar-refractivity contribution in [2.24, 2.45) is 16.8 Å². The Morgan fingerprint density at radius 3 is 2.74 bits per heavy atom. The summed E-state index contributed by atoms with van der Waals surface area (Å²) in [5.74, 6) is 4.41. The van der Waals surface area contributed by atoms with Gasteiger partial charge in [-0.05, 0) is 38.0 Å². The monoisotopic (exact) mass is 490 g/mol. The summed E-state index contributed by atoms with van der Waals surface area (Å²) >= 11 is 0. The molecule has 8 heteroatoms. The Bertz CT molecular complexity index is 597. The van der Waals surface area contributed by atoms with Crippen molar-refractivity contribution in [3.63, 3.8) is 0 Å². The number of nitrogens with one attached hydrogen (secondary N) is 2. The quantitative estimate of drug-likeness (QED) is 0.365. The predicted molar refractivity (Wildman–Crippen MR) is 118 cm³/mol. The van der Waals surface area contributed by atoms with Crippen LogP contribution in [0.4, 0.5) is 0 Å². The summed E-state index contributed by atoms with van der Waals surface area (Å²) in [5.41, 5.74) is 0. The number of halogens is 1. The van der Waals surface area contributed by atoms with Gasteiger partial charge < -0.3 is 15.4 Å². The third-order valence-corrected chi connectivity index (χ3v) is 5.50. The topological polar surface area (TPSA) is 76.4 Å². The molecule has 0 saturated heterocycles. The van der Waals surface area contributed by atoms with E-state index in [4.69, 9.17) is 9.73 Å². The molecule has 1 atom stereocenters. The maximum atomic E-state index is 5.14. The van der Waals surface area contributed by atoms with Gasteiger partial charge in [0, 0.05) is 32.7 Å². The van der Waals surface area contributed by atoms with E-state index < -0.39 is 0 Å². The fourth-order valence-electron chi connectivity index (χ4n) is 3.91. The Labute approximate surface area is 180 Å². The highest BCUT2D eigenvalue weighted by Gasteiger charge is 2.23. The van der Waals surface area contributed by atoms with Gasteiger partial charge in [-0.25, -0.2) is 9.67 Å². The molecule has 7 nitrogen and oxygen atoms in total. The van der Waals surface area contributed by atoms with E-state index in [1.165, 1.54) is 25.7 Å². The van der Waals surface area contributed by atoms with Crippen molar-refractivity contribution in [2.75, 3.05) is 20.2 Å². The van der Waals surface area contributed by atoms with Crippen molar-refractivity contribution in [1.29, 1.82) is 0 Å². The zero-order valence-electron chi connectivity index (χ0n) is 16.9. The van der Waals surface area contributed by atoms with Crippen LogP contribution in [0.25, 0.3) is 0 Å². The molecule has 2 aliphatic rings. The van der Waals surface area contributed by atoms with Crippen LogP contribution in [-0.4, -0.2) is 47.0 Å². The first-order valence-corrected chi connectivity index (χ1v) is 10.1. The third-order valence-electron chi connectivity index (χ3n) is 5.50. The second kappa shape index (κ2) is 11.2. The van der Waals surface area contributed by atoms with Crippen LogP contribution in [0.2, 0.25) is 0 Å². The van der Waals surface area contributed by atoms with Crippen LogP contribution >= 0.6 is 24.0 Å². The first-order valence-electron chi connectivity index (χ1n) is 10.1. The van der Waals surface area contributed by atoms with E-state index in [1.807, 2.05) is 4.68 Å². The van der Waals surface area contributed by atoms with Crippen LogP contribution in [0.3, 0.4) is 0 Å². The Kier molecular flexibility index (Phi) is 9.28. The molecule has 3 rings (SSSR count). The van der Waals surface area contributed by atoms with Gasteiger partial charge in [-0.2, -0.15) is 5.10 Å². The maximum absolute atomic E-state index is 5.14. The molecule has 1 aliphatic heterocycles. The molecule has 0 amide bonds. The number of fused-ring (bicyclic) bond motifs is 1. The van der Waals surface area contributed by atoms with Gasteiger partial charge in [0.1, 0.15) is 12.4 Å². The van der Waals surface area contributed by atoms with E-state index in [0.29, 0.717) is 12.6 Å². The van der Waals surface area contributed by atoms with E-state index in [0.717, 1.165) is 61.9 Å². The minimum Gasteiger partial charge on any atom is -0.377 e. The number of aliphatic imine (C=N–C) groups is 1. The van der Waals surface area contributed by atoms with Crippen molar-refractivity contribution in [3.05, 3.63) is 11.6 Å². The van der Waals surface area contributed by atoms with Crippen LogP contribution in [0.1, 0.15) is 57.6 Å². The van der Waals surface area contributed by atoms with E-state index in [-0.39, 0.29) is 24.0 Å². The summed E-state index contributed by atoms with van der Waals surface area (Å²) in [6.45, 7) is 7.60. The smallest absolute Gasteiger partial charge is 0.191 e. The zero-order valence-corrected chi connectivity index (χ0v) is 19.2. The fraction of sp³-hybridized carbons (Fsp3) is 0.842. The molecule has 154 valence electrons. The Morgan fingerprint density at radius 1 is 1.26 bits per heavy atom. The summed E-state index contributed by atoms with van der Waals surface area (Å²) in [6, 6.07) is 0.337. The molecule has 1 aromatic rings.